The summed E-state index contributed by atoms with van der Waals surface area (Å²) < 4.78 is 2.24. The van der Waals surface area contributed by atoms with Crippen molar-refractivity contribution in [1.82, 2.24) is 9.55 Å². The van der Waals surface area contributed by atoms with Crippen molar-refractivity contribution in [2.75, 3.05) is 12.4 Å². The second kappa shape index (κ2) is 4.69. The van der Waals surface area contributed by atoms with Crippen molar-refractivity contribution in [3.8, 4) is 0 Å². The molecule has 1 aromatic heterocycles. The van der Waals surface area contributed by atoms with Gasteiger partial charge in [0.05, 0.1) is 5.69 Å². The molecular formula is C12H21N3. The lowest BCUT2D eigenvalue weighted by Crippen LogP contribution is -2.06. The number of rotatable bonds is 4. The van der Waals surface area contributed by atoms with Crippen LogP contribution in [0, 0.1) is 12.8 Å². The summed E-state index contributed by atoms with van der Waals surface area (Å²) >= 11 is 0. The molecule has 1 fully saturated rings. The molecule has 0 amide bonds. The normalized spacial score (nSPS) is 17.2. The van der Waals surface area contributed by atoms with E-state index in [0.717, 1.165) is 24.1 Å². The first-order chi connectivity index (χ1) is 7.29. The van der Waals surface area contributed by atoms with Gasteiger partial charge in [0.1, 0.15) is 0 Å². The van der Waals surface area contributed by atoms with Crippen LogP contribution in [0.25, 0.3) is 0 Å². The molecule has 0 unspecified atom stereocenters. The first kappa shape index (κ1) is 10.5. The van der Waals surface area contributed by atoms with E-state index in [1.54, 1.807) is 0 Å². The van der Waals surface area contributed by atoms with E-state index in [1.807, 2.05) is 14.0 Å². The molecule has 1 N–H and O–H groups in total. The van der Waals surface area contributed by atoms with Crippen LogP contribution in [-0.4, -0.2) is 16.6 Å². The van der Waals surface area contributed by atoms with Crippen molar-refractivity contribution in [3.63, 3.8) is 0 Å². The molecular weight excluding hydrogens is 186 g/mol. The average Bonchev–Trinajstić information content (AvgIpc) is 2.83. The zero-order valence-corrected chi connectivity index (χ0v) is 9.79. The van der Waals surface area contributed by atoms with Gasteiger partial charge in [0.25, 0.3) is 0 Å². The molecule has 3 heteroatoms. The molecule has 2 rings (SSSR count). The summed E-state index contributed by atoms with van der Waals surface area (Å²) in [6, 6.07) is 0. The molecule has 1 aliphatic rings. The predicted octanol–water partition coefficient (Wildman–Crippen LogP) is 2.81. The summed E-state index contributed by atoms with van der Waals surface area (Å²) in [5.41, 5.74) is 1.10. The molecule has 1 aliphatic carbocycles. The minimum atomic E-state index is 0.956. The van der Waals surface area contributed by atoms with Crippen molar-refractivity contribution < 1.29 is 0 Å². The summed E-state index contributed by atoms with van der Waals surface area (Å²) in [5, 5.41) is 3.14. The van der Waals surface area contributed by atoms with E-state index >= 15 is 0 Å². The minimum Gasteiger partial charge on any atom is -0.359 e. The quantitative estimate of drug-likeness (QED) is 0.822. The maximum atomic E-state index is 4.43. The molecule has 0 spiro atoms. The minimum absolute atomic E-state index is 0.956. The highest BCUT2D eigenvalue weighted by molar-refractivity contribution is 5.27. The number of imidazole rings is 1. The Kier molecular flexibility index (Phi) is 3.29. The van der Waals surface area contributed by atoms with Crippen molar-refractivity contribution >= 4 is 5.95 Å². The van der Waals surface area contributed by atoms with Crippen LogP contribution in [0.4, 0.5) is 5.95 Å². The largest absolute Gasteiger partial charge is 0.359 e. The van der Waals surface area contributed by atoms with Gasteiger partial charge >= 0.3 is 0 Å². The third kappa shape index (κ3) is 2.52. The summed E-state index contributed by atoms with van der Waals surface area (Å²) in [6.07, 6.45) is 9.19. The first-order valence-corrected chi connectivity index (χ1v) is 6.01. The number of hydrogen-bond donors (Lipinski definition) is 1. The smallest absolute Gasteiger partial charge is 0.202 e. The highest BCUT2D eigenvalue weighted by Gasteiger charge is 2.15. The van der Waals surface area contributed by atoms with Gasteiger partial charge < -0.3 is 9.88 Å². The van der Waals surface area contributed by atoms with Crippen LogP contribution < -0.4 is 5.32 Å². The van der Waals surface area contributed by atoms with Gasteiger partial charge in [-0.15, -0.1) is 0 Å². The van der Waals surface area contributed by atoms with Crippen LogP contribution >= 0.6 is 0 Å². The van der Waals surface area contributed by atoms with E-state index in [1.165, 1.54) is 32.1 Å². The Labute approximate surface area is 91.9 Å². The molecule has 1 heterocycles. The lowest BCUT2D eigenvalue weighted by molar-refractivity contribution is 0.460. The molecule has 15 heavy (non-hydrogen) atoms. The Bertz CT molecular complexity index is 311. The zero-order valence-electron chi connectivity index (χ0n) is 9.79. The van der Waals surface area contributed by atoms with E-state index in [0.29, 0.717) is 0 Å². The second-order valence-electron chi connectivity index (χ2n) is 4.59. The number of aryl methyl sites for hydroxylation is 2. The second-order valence-corrected chi connectivity index (χ2v) is 4.59. The Morgan fingerprint density at radius 2 is 2.20 bits per heavy atom. The standard InChI is InChI=1S/C12H21N3/c1-10-9-15(12(13-2)14-10)8-7-11-5-3-4-6-11/h9,11H,3-8H2,1-2H3,(H,13,14). The molecule has 84 valence electrons. The summed E-state index contributed by atoms with van der Waals surface area (Å²) in [5.74, 6) is 1.96. The lowest BCUT2D eigenvalue weighted by atomic mass is 10.0. The van der Waals surface area contributed by atoms with Crippen LogP contribution in [0.1, 0.15) is 37.8 Å². The number of hydrogen-bond acceptors (Lipinski definition) is 2. The third-order valence-electron chi connectivity index (χ3n) is 3.37. The lowest BCUT2D eigenvalue weighted by Gasteiger charge is -2.11. The van der Waals surface area contributed by atoms with Crippen molar-refractivity contribution in [3.05, 3.63) is 11.9 Å². The van der Waals surface area contributed by atoms with E-state index in [-0.39, 0.29) is 0 Å². The van der Waals surface area contributed by atoms with Crippen molar-refractivity contribution in [1.29, 1.82) is 0 Å². The SMILES string of the molecule is CNc1nc(C)cn1CCC1CCCC1. The first-order valence-electron chi connectivity index (χ1n) is 6.01. The Morgan fingerprint density at radius 3 is 2.87 bits per heavy atom. The van der Waals surface area contributed by atoms with E-state index in [4.69, 9.17) is 0 Å². The molecule has 3 nitrogen and oxygen atoms in total. The van der Waals surface area contributed by atoms with Gasteiger partial charge in [-0.25, -0.2) is 4.98 Å². The highest BCUT2D eigenvalue weighted by Crippen LogP contribution is 2.28. The zero-order chi connectivity index (χ0) is 10.7. The summed E-state index contributed by atoms with van der Waals surface area (Å²) in [6.45, 7) is 3.16. The molecule has 0 saturated heterocycles. The topological polar surface area (TPSA) is 29.9 Å². The predicted molar refractivity (Wildman–Crippen MR) is 63.1 cm³/mol. The van der Waals surface area contributed by atoms with Gasteiger partial charge in [0.2, 0.25) is 5.95 Å². The number of nitrogens with zero attached hydrogens (tertiary/aromatic N) is 2. The monoisotopic (exact) mass is 207 g/mol. The van der Waals surface area contributed by atoms with Gasteiger partial charge in [-0.3, -0.25) is 0 Å². The molecule has 0 aromatic carbocycles. The maximum Gasteiger partial charge on any atom is 0.202 e. The fraction of sp³-hybridized carbons (Fsp3) is 0.750. The average molecular weight is 207 g/mol. The Morgan fingerprint density at radius 1 is 1.47 bits per heavy atom. The number of anilines is 1. The van der Waals surface area contributed by atoms with Crippen LogP contribution in [0.2, 0.25) is 0 Å². The van der Waals surface area contributed by atoms with Gasteiger partial charge in [0, 0.05) is 19.8 Å². The molecule has 0 aliphatic heterocycles. The van der Waals surface area contributed by atoms with Crippen LogP contribution in [0.3, 0.4) is 0 Å². The van der Waals surface area contributed by atoms with E-state index in [9.17, 15) is 0 Å². The highest BCUT2D eigenvalue weighted by atomic mass is 15.2. The van der Waals surface area contributed by atoms with Gasteiger partial charge in [0.15, 0.2) is 0 Å². The Hall–Kier alpha value is -0.990. The summed E-state index contributed by atoms with van der Waals surface area (Å²) in [4.78, 5) is 4.43. The van der Waals surface area contributed by atoms with Crippen LogP contribution in [0.15, 0.2) is 6.20 Å². The molecule has 1 saturated carbocycles. The van der Waals surface area contributed by atoms with Gasteiger partial charge in [-0.1, -0.05) is 25.7 Å². The molecule has 0 radical (unpaired) electrons. The third-order valence-corrected chi connectivity index (χ3v) is 3.37. The maximum absolute atomic E-state index is 4.43. The van der Waals surface area contributed by atoms with Crippen LogP contribution in [-0.2, 0) is 6.54 Å². The van der Waals surface area contributed by atoms with Gasteiger partial charge in [-0.05, 0) is 19.3 Å². The Balaban J connectivity index is 1.91. The molecule has 0 bridgehead atoms. The van der Waals surface area contributed by atoms with Crippen molar-refractivity contribution in [2.24, 2.45) is 5.92 Å². The summed E-state index contributed by atoms with van der Waals surface area (Å²) in [7, 11) is 1.94. The fourth-order valence-electron chi connectivity index (χ4n) is 2.54. The number of aromatic nitrogens is 2. The molecule has 1 aromatic rings. The van der Waals surface area contributed by atoms with E-state index < -0.39 is 0 Å². The van der Waals surface area contributed by atoms with Crippen molar-refractivity contribution in [2.45, 2.75) is 45.6 Å². The van der Waals surface area contributed by atoms with E-state index in [2.05, 4.69) is 21.1 Å². The van der Waals surface area contributed by atoms with Crippen LogP contribution in [0.5, 0.6) is 0 Å². The number of nitrogens with one attached hydrogen (secondary N) is 1. The van der Waals surface area contributed by atoms with Gasteiger partial charge in [-0.2, -0.15) is 0 Å². The fourth-order valence-corrected chi connectivity index (χ4v) is 2.54. The molecule has 0 atom stereocenters.